The van der Waals surface area contributed by atoms with Crippen LogP contribution in [0.15, 0.2) is 30.1 Å². The number of rotatable bonds is 7. The first-order valence-corrected chi connectivity index (χ1v) is 7.31. The van der Waals surface area contributed by atoms with E-state index in [4.69, 9.17) is 0 Å². The van der Waals surface area contributed by atoms with Crippen molar-refractivity contribution in [3.05, 3.63) is 30.1 Å². The van der Waals surface area contributed by atoms with E-state index in [1.165, 1.54) is 0 Å². The lowest BCUT2D eigenvalue weighted by Crippen LogP contribution is -2.36. The van der Waals surface area contributed by atoms with Crippen LogP contribution in [0.4, 0.5) is 0 Å². The summed E-state index contributed by atoms with van der Waals surface area (Å²) >= 11 is 0. The fourth-order valence-corrected chi connectivity index (χ4v) is 2.71. The number of hydrogen-bond acceptors (Lipinski definition) is 3. The highest BCUT2D eigenvalue weighted by molar-refractivity contribution is 5.95. The van der Waals surface area contributed by atoms with Crippen LogP contribution in [0.5, 0.6) is 0 Å². The number of carbonyl (C=O) groups excluding carboxylic acids is 1. The van der Waals surface area contributed by atoms with Gasteiger partial charge in [0.25, 0.3) is 5.91 Å². The van der Waals surface area contributed by atoms with E-state index in [2.05, 4.69) is 11.9 Å². The highest BCUT2D eigenvalue weighted by atomic mass is 16.3. The zero-order valence-corrected chi connectivity index (χ0v) is 12.2. The third kappa shape index (κ3) is 3.03. The number of amides is 1. The summed E-state index contributed by atoms with van der Waals surface area (Å²) in [4.78, 5) is 17.9. The summed E-state index contributed by atoms with van der Waals surface area (Å²) in [7, 11) is 0. The molecule has 1 N–H and O–H groups in total. The van der Waals surface area contributed by atoms with Crippen molar-refractivity contribution in [2.45, 2.75) is 52.1 Å². The monoisotopic (exact) mass is 277 g/mol. The molecule has 2 heterocycles. The molecule has 0 spiro atoms. The molecule has 0 saturated carbocycles. The molecule has 0 radical (unpaired) electrons. The molecule has 0 saturated heterocycles. The Hall–Kier alpha value is -1.78. The second kappa shape index (κ2) is 6.59. The molecule has 1 aliphatic rings. The Morgan fingerprint density at radius 2 is 2.15 bits per heavy atom. The first-order valence-electron chi connectivity index (χ1n) is 7.31. The molecule has 0 bridgehead atoms. The molecule has 1 aromatic heterocycles. The van der Waals surface area contributed by atoms with Crippen LogP contribution in [0, 0.1) is 0 Å². The molecule has 20 heavy (non-hydrogen) atoms. The third-order valence-corrected chi connectivity index (χ3v) is 3.92. The molecule has 0 aromatic carbocycles. The second-order valence-corrected chi connectivity index (χ2v) is 5.34. The van der Waals surface area contributed by atoms with E-state index >= 15 is 0 Å². The van der Waals surface area contributed by atoms with Gasteiger partial charge in [0.1, 0.15) is 0 Å². The van der Waals surface area contributed by atoms with Crippen molar-refractivity contribution in [2.75, 3.05) is 6.54 Å². The highest BCUT2D eigenvalue weighted by Crippen LogP contribution is 2.28. The lowest BCUT2D eigenvalue weighted by atomic mass is 10.0. The number of aliphatic hydroxyl groups is 1. The summed E-state index contributed by atoms with van der Waals surface area (Å²) in [6.45, 7) is 5.51. The van der Waals surface area contributed by atoms with Crippen LogP contribution in [-0.4, -0.2) is 38.1 Å². The first kappa shape index (κ1) is 14.6. The number of imidazole rings is 1. The predicted molar refractivity (Wildman–Crippen MR) is 77.2 cm³/mol. The maximum absolute atomic E-state index is 12.1. The van der Waals surface area contributed by atoms with Crippen molar-refractivity contribution in [3.63, 3.8) is 0 Å². The molecule has 1 aliphatic heterocycles. The fraction of sp³-hybridized carbons (Fsp3) is 0.600. The summed E-state index contributed by atoms with van der Waals surface area (Å²) in [6, 6.07) is 0.0743. The average Bonchev–Trinajstić information content (AvgIpc) is 3.02. The number of unbranched alkanes of at least 4 members (excludes halogenated alkanes) is 1. The minimum Gasteiger partial charge on any atom is -0.503 e. The number of hydrogen-bond donors (Lipinski definition) is 1. The maximum Gasteiger partial charge on any atom is 0.289 e. The second-order valence-electron chi connectivity index (χ2n) is 5.34. The lowest BCUT2D eigenvalue weighted by molar-refractivity contribution is -0.129. The quantitative estimate of drug-likeness (QED) is 0.833. The largest absolute Gasteiger partial charge is 0.503 e. The van der Waals surface area contributed by atoms with Crippen LogP contribution in [-0.2, 0) is 11.3 Å². The number of aryl methyl sites for hydroxylation is 1. The molecule has 1 amide bonds. The molecule has 110 valence electrons. The van der Waals surface area contributed by atoms with Crippen molar-refractivity contribution in [3.8, 4) is 0 Å². The van der Waals surface area contributed by atoms with Gasteiger partial charge in [-0.1, -0.05) is 19.8 Å². The average molecular weight is 277 g/mol. The molecule has 0 fully saturated rings. The molecule has 0 aliphatic carbocycles. The van der Waals surface area contributed by atoms with Gasteiger partial charge in [0.15, 0.2) is 5.76 Å². The Balaban J connectivity index is 1.92. The van der Waals surface area contributed by atoms with Gasteiger partial charge in [-0.15, -0.1) is 0 Å². The Bertz CT molecular complexity index is 479. The standard InChI is InChI=1S/C15H23N3O2/c1-3-4-6-13-12(2)14(19)15(20)18(13)9-5-8-17-10-7-16-11-17/h7,10-11,13,19H,3-6,8-9H2,1-2H3. The number of aromatic nitrogens is 2. The van der Waals surface area contributed by atoms with Crippen LogP contribution in [0.1, 0.15) is 39.5 Å². The summed E-state index contributed by atoms with van der Waals surface area (Å²) in [5.74, 6) is -0.261. The van der Waals surface area contributed by atoms with Crippen LogP contribution in [0.25, 0.3) is 0 Å². The summed E-state index contributed by atoms with van der Waals surface area (Å²) in [5.41, 5.74) is 0.825. The number of nitrogens with zero attached hydrogens (tertiary/aromatic N) is 3. The summed E-state index contributed by atoms with van der Waals surface area (Å²) < 4.78 is 2.00. The minimum absolute atomic E-state index is 0.0475. The van der Waals surface area contributed by atoms with Crippen LogP contribution >= 0.6 is 0 Å². The van der Waals surface area contributed by atoms with Gasteiger partial charge >= 0.3 is 0 Å². The van der Waals surface area contributed by atoms with Gasteiger partial charge in [0.2, 0.25) is 0 Å². The molecule has 2 rings (SSSR count). The van der Waals surface area contributed by atoms with E-state index in [0.29, 0.717) is 6.54 Å². The van der Waals surface area contributed by atoms with E-state index < -0.39 is 0 Å². The number of carbonyl (C=O) groups is 1. The Kier molecular flexibility index (Phi) is 4.82. The Morgan fingerprint density at radius 3 is 2.80 bits per heavy atom. The van der Waals surface area contributed by atoms with Crippen molar-refractivity contribution >= 4 is 5.91 Å². The SMILES string of the molecule is CCCCC1C(C)=C(O)C(=O)N1CCCn1ccnc1. The summed E-state index contributed by atoms with van der Waals surface area (Å²) in [5, 5.41) is 9.86. The van der Waals surface area contributed by atoms with Gasteiger partial charge in [-0.3, -0.25) is 4.79 Å². The molecule has 1 aromatic rings. The van der Waals surface area contributed by atoms with Gasteiger partial charge in [0.05, 0.1) is 12.4 Å². The van der Waals surface area contributed by atoms with Gasteiger partial charge in [-0.05, 0) is 25.3 Å². The normalized spacial score (nSPS) is 19.2. The van der Waals surface area contributed by atoms with Crippen molar-refractivity contribution < 1.29 is 9.90 Å². The highest BCUT2D eigenvalue weighted by Gasteiger charge is 2.35. The van der Waals surface area contributed by atoms with Crippen LogP contribution < -0.4 is 0 Å². The maximum atomic E-state index is 12.1. The fourth-order valence-electron chi connectivity index (χ4n) is 2.71. The van der Waals surface area contributed by atoms with Crippen LogP contribution in [0.3, 0.4) is 0 Å². The van der Waals surface area contributed by atoms with E-state index in [1.807, 2.05) is 22.6 Å². The molecular formula is C15H23N3O2. The van der Waals surface area contributed by atoms with Crippen LogP contribution in [0.2, 0.25) is 0 Å². The van der Waals surface area contributed by atoms with Crippen molar-refractivity contribution in [1.82, 2.24) is 14.5 Å². The predicted octanol–water partition coefficient (Wildman–Crippen LogP) is 2.51. The Labute approximate surface area is 119 Å². The molecule has 5 heteroatoms. The zero-order chi connectivity index (χ0) is 14.5. The number of aliphatic hydroxyl groups excluding tert-OH is 1. The lowest BCUT2D eigenvalue weighted by Gasteiger charge is -2.26. The third-order valence-electron chi connectivity index (χ3n) is 3.92. The van der Waals surface area contributed by atoms with Gasteiger partial charge < -0.3 is 14.6 Å². The van der Waals surface area contributed by atoms with Crippen molar-refractivity contribution in [2.24, 2.45) is 0 Å². The van der Waals surface area contributed by atoms with E-state index in [1.54, 1.807) is 12.5 Å². The van der Waals surface area contributed by atoms with Gasteiger partial charge in [-0.25, -0.2) is 4.98 Å². The minimum atomic E-state index is -0.214. The van der Waals surface area contributed by atoms with E-state index in [-0.39, 0.29) is 17.7 Å². The summed E-state index contributed by atoms with van der Waals surface area (Å²) in [6.07, 6.45) is 9.42. The smallest absolute Gasteiger partial charge is 0.289 e. The van der Waals surface area contributed by atoms with Gasteiger partial charge in [0, 0.05) is 25.5 Å². The Morgan fingerprint density at radius 1 is 1.35 bits per heavy atom. The molecule has 1 atom stereocenters. The van der Waals surface area contributed by atoms with E-state index in [9.17, 15) is 9.90 Å². The van der Waals surface area contributed by atoms with Crippen molar-refractivity contribution in [1.29, 1.82) is 0 Å². The first-order chi connectivity index (χ1) is 9.65. The molecular weight excluding hydrogens is 254 g/mol. The van der Waals surface area contributed by atoms with E-state index in [0.717, 1.165) is 37.8 Å². The molecule has 5 nitrogen and oxygen atoms in total. The molecule has 1 unspecified atom stereocenters. The topological polar surface area (TPSA) is 58.4 Å². The van der Waals surface area contributed by atoms with Gasteiger partial charge in [-0.2, -0.15) is 0 Å². The zero-order valence-electron chi connectivity index (χ0n) is 12.2.